The van der Waals surface area contributed by atoms with Gasteiger partial charge in [-0.3, -0.25) is 18.8 Å². The predicted octanol–water partition coefficient (Wildman–Crippen LogP) is 3.79. The maximum absolute atomic E-state index is 13.4. The number of rotatable bonds is 9. The van der Waals surface area contributed by atoms with Gasteiger partial charge >= 0.3 is 0 Å². The minimum Gasteiger partial charge on any atom is -0.485 e. The second-order valence-electron chi connectivity index (χ2n) is 9.11. The average molecular weight is 588 g/mol. The van der Waals surface area contributed by atoms with Gasteiger partial charge in [0.2, 0.25) is 11.6 Å². The van der Waals surface area contributed by atoms with Gasteiger partial charge in [0.05, 0.1) is 36.4 Å². The Morgan fingerprint density at radius 2 is 2.05 bits per heavy atom. The van der Waals surface area contributed by atoms with Gasteiger partial charge < -0.3 is 14.2 Å². The van der Waals surface area contributed by atoms with Gasteiger partial charge in [-0.05, 0) is 43.3 Å². The van der Waals surface area contributed by atoms with Crippen molar-refractivity contribution in [1.29, 1.82) is 0 Å². The van der Waals surface area contributed by atoms with E-state index in [1.165, 1.54) is 29.8 Å². The molecule has 2 unspecified atom stereocenters. The van der Waals surface area contributed by atoms with Crippen LogP contribution in [0.15, 0.2) is 64.7 Å². The molecule has 3 aromatic heterocycles. The van der Waals surface area contributed by atoms with Crippen molar-refractivity contribution >= 4 is 33.9 Å². The van der Waals surface area contributed by atoms with E-state index in [1.54, 1.807) is 30.6 Å². The number of hydrogen-bond acceptors (Lipinski definition) is 8. The zero-order valence-electron chi connectivity index (χ0n) is 21.8. The normalized spacial score (nSPS) is 16.6. The van der Waals surface area contributed by atoms with Crippen LogP contribution in [0.3, 0.4) is 0 Å². The fourth-order valence-electron chi connectivity index (χ4n) is 4.32. The Kier molecular flexibility index (Phi) is 8.60. The second-order valence-corrected chi connectivity index (χ2v) is 10.7. The molecule has 0 saturated carbocycles. The van der Waals surface area contributed by atoms with Crippen molar-refractivity contribution in [3.63, 3.8) is 0 Å². The number of nitrogens with zero attached hydrogens (tertiary/aromatic N) is 4. The molecule has 1 fully saturated rings. The smallest absolute Gasteiger partial charge is 0.300 e. The first-order valence-electron chi connectivity index (χ1n) is 12.5. The summed E-state index contributed by atoms with van der Waals surface area (Å²) in [5, 5.41) is 0.0211. The number of fused-ring (bicyclic) bond motifs is 1. The number of benzene rings is 1. The summed E-state index contributed by atoms with van der Waals surface area (Å²) in [6.45, 7) is 5.29. The van der Waals surface area contributed by atoms with E-state index in [1.807, 2.05) is 0 Å². The Labute approximate surface area is 237 Å². The van der Waals surface area contributed by atoms with Crippen LogP contribution in [-0.2, 0) is 15.7 Å². The number of aromatic nitrogens is 3. The third kappa shape index (κ3) is 6.09. The van der Waals surface area contributed by atoms with Gasteiger partial charge in [0, 0.05) is 42.7 Å². The van der Waals surface area contributed by atoms with Crippen molar-refractivity contribution in [3.05, 3.63) is 76.2 Å². The lowest BCUT2D eigenvalue weighted by Crippen LogP contribution is -2.45. The molecule has 0 radical (unpaired) electrons. The lowest BCUT2D eigenvalue weighted by atomic mass is 10.1. The summed E-state index contributed by atoms with van der Waals surface area (Å²) in [4.78, 5) is 24.4. The lowest BCUT2D eigenvalue weighted by molar-refractivity contribution is -0.00523. The molecule has 0 aliphatic carbocycles. The van der Waals surface area contributed by atoms with Gasteiger partial charge in [0.15, 0.2) is 11.0 Å². The number of pyridine rings is 2. The lowest BCUT2D eigenvalue weighted by Gasteiger charge is -2.32. The van der Waals surface area contributed by atoms with Crippen LogP contribution in [0.5, 0.6) is 11.6 Å². The number of halogens is 2. The first kappa shape index (κ1) is 28.0. The minimum atomic E-state index is -1.83. The fraction of sp³-hybridized carbons (Fsp3) is 0.296. The van der Waals surface area contributed by atoms with E-state index >= 15 is 0 Å². The van der Waals surface area contributed by atoms with E-state index in [-0.39, 0.29) is 27.1 Å². The monoisotopic (exact) mass is 587 g/mol. The zero-order chi connectivity index (χ0) is 28.2. The molecule has 0 spiro atoms. The number of nitrogens with one attached hydrogen (secondary N) is 1. The van der Waals surface area contributed by atoms with Crippen molar-refractivity contribution in [1.82, 2.24) is 19.3 Å². The third-order valence-electron chi connectivity index (χ3n) is 6.49. The highest BCUT2D eigenvalue weighted by Crippen LogP contribution is 2.30. The molecular formula is C27H27ClFN5O5S. The Morgan fingerprint density at radius 1 is 1.20 bits per heavy atom. The van der Waals surface area contributed by atoms with E-state index in [2.05, 4.69) is 26.5 Å². The topological polar surface area (TPSA) is 107 Å². The molecule has 40 heavy (non-hydrogen) atoms. The molecule has 13 heteroatoms. The molecule has 4 aromatic rings. The molecule has 4 heterocycles. The van der Waals surface area contributed by atoms with E-state index in [0.717, 1.165) is 12.6 Å². The molecule has 5 rings (SSSR count). The van der Waals surface area contributed by atoms with Crippen molar-refractivity contribution in [3.8, 4) is 22.8 Å². The SMILES string of the molecule is COc1ncc(-c2ccc3ncc(OCCN4CCOCC4C)c(=O)n3c2)cc1NS(=O)c1ccc(F)cc1Cl. The number of morpholine rings is 1. The molecule has 1 aliphatic heterocycles. The van der Waals surface area contributed by atoms with Gasteiger partial charge in [0.1, 0.15) is 23.8 Å². The van der Waals surface area contributed by atoms with Crippen molar-refractivity contribution in [2.24, 2.45) is 0 Å². The van der Waals surface area contributed by atoms with Crippen molar-refractivity contribution in [2.45, 2.75) is 17.9 Å². The summed E-state index contributed by atoms with van der Waals surface area (Å²) in [6, 6.07) is 9.09. The number of anilines is 1. The van der Waals surface area contributed by atoms with Crippen LogP contribution in [0.4, 0.5) is 10.1 Å². The molecule has 2 atom stereocenters. The summed E-state index contributed by atoms with van der Waals surface area (Å²) < 4.78 is 47.2. The van der Waals surface area contributed by atoms with Gasteiger partial charge in [-0.1, -0.05) is 11.6 Å². The summed E-state index contributed by atoms with van der Waals surface area (Å²) in [5.74, 6) is -0.189. The third-order valence-corrected chi connectivity index (χ3v) is 8.07. The fourth-order valence-corrected chi connectivity index (χ4v) is 5.58. The highest BCUT2D eigenvalue weighted by Gasteiger charge is 2.19. The summed E-state index contributed by atoms with van der Waals surface area (Å²) >= 11 is 6.08. The standard InChI is InChI=1S/C27H27ClFN5O5S/c1-17-16-38-9-7-33(17)8-10-39-23-14-30-25-6-3-18(15-34(25)27(23)35)19-11-22(26(37-2)31-13-19)32-40(36)24-5-4-20(29)12-21(24)28/h3-6,11-15,17,32H,7-10,16H2,1-2H3. The molecule has 1 aliphatic rings. The second kappa shape index (κ2) is 12.3. The number of hydrogen-bond donors (Lipinski definition) is 1. The van der Waals surface area contributed by atoms with Crippen molar-refractivity contribution in [2.75, 3.05) is 44.7 Å². The Balaban J connectivity index is 1.38. The maximum Gasteiger partial charge on any atom is 0.300 e. The Morgan fingerprint density at radius 3 is 2.83 bits per heavy atom. The van der Waals surface area contributed by atoms with Crippen LogP contribution in [0.2, 0.25) is 5.02 Å². The predicted molar refractivity (Wildman–Crippen MR) is 150 cm³/mol. The largest absolute Gasteiger partial charge is 0.485 e. The molecular weight excluding hydrogens is 561 g/mol. The first-order valence-corrected chi connectivity index (χ1v) is 14.0. The highest BCUT2D eigenvalue weighted by molar-refractivity contribution is 7.86. The van der Waals surface area contributed by atoms with Crippen LogP contribution in [0.25, 0.3) is 16.8 Å². The average Bonchev–Trinajstić information content (AvgIpc) is 2.95. The quantitative estimate of drug-likeness (QED) is 0.315. The molecule has 210 valence electrons. The van der Waals surface area contributed by atoms with Gasteiger partial charge in [-0.25, -0.2) is 18.6 Å². The van der Waals surface area contributed by atoms with E-state index in [4.69, 9.17) is 25.8 Å². The number of methoxy groups -OCH3 is 1. The molecule has 1 N–H and O–H groups in total. The van der Waals surface area contributed by atoms with Crippen molar-refractivity contribution < 1.29 is 22.8 Å². The van der Waals surface area contributed by atoms with E-state index in [9.17, 15) is 13.4 Å². The Hall–Kier alpha value is -3.58. The molecule has 1 aromatic carbocycles. The van der Waals surface area contributed by atoms with Gasteiger partial charge in [-0.15, -0.1) is 0 Å². The molecule has 0 bridgehead atoms. The summed E-state index contributed by atoms with van der Waals surface area (Å²) in [7, 11) is -0.394. The van der Waals surface area contributed by atoms with Crippen LogP contribution in [-0.4, -0.2) is 69.5 Å². The van der Waals surface area contributed by atoms with Crippen LogP contribution >= 0.6 is 11.6 Å². The molecule has 10 nitrogen and oxygen atoms in total. The van der Waals surface area contributed by atoms with Gasteiger partial charge in [-0.2, -0.15) is 0 Å². The number of ether oxygens (including phenoxy) is 3. The van der Waals surface area contributed by atoms with E-state index < -0.39 is 16.8 Å². The van der Waals surface area contributed by atoms with Gasteiger partial charge in [0.25, 0.3) is 5.56 Å². The van der Waals surface area contributed by atoms with Crippen LogP contribution in [0, 0.1) is 5.82 Å². The highest BCUT2D eigenvalue weighted by atomic mass is 35.5. The maximum atomic E-state index is 13.4. The van der Waals surface area contributed by atoms with E-state index in [0.29, 0.717) is 54.9 Å². The zero-order valence-corrected chi connectivity index (χ0v) is 23.4. The minimum absolute atomic E-state index is 0.0211. The summed E-state index contributed by atoms with van der Waals surface area (Å²) in [6.07, 6.45) is 4.65. The Bertz CT molecular complexity index is 1620. The first-order chi connectivity index (χ1) is 19.3. The van der Waals surface area contributed by atoms with Crippen LogP contribution < -0.4 is 19.8 Å². The summed E-state index contributed by atoms with van der Waals surface area (Å²) in [5.41, 5.74) is 1.70. The molecule has 0 amide bonds. The molecule has 1 saturated heterocycles. The van der Waals surface area contributed by atoms with Crippen LogP contribution in [0.1, 0.15) is 6.92 Å².